The highest BCUT2D eigenvalue weighted by molar-refractivity contribution is 7.92. The number of ether oxygens (including phenoxy) is 1. The van der Waals surface area contributed by atoms with Crippen molar-refractivity contribution in [3.05, 3.63) is 59.2 Å². The summed E-state index contributed by atoms with van der Waals surface area (Å²) in [5, 5.41) is 2.89. The van der Waals surface area contributed by atoms with E-state index < -0.39 is 16.1 Å². The van der Waals surface area contributed by atoms with Gasteiger partial charge in [-0.05, 0) is 61.7 Å². The second-order valence-electron chi connectivity index (χ2n) is 8.74. The molecule has 1 N–H and O–H groups in total. The van der Waals surface area contributed by atoms with Gasteiger partial charge in [-0.25, -0.2) is 8.42 Å². The lowest BCUT2D eigenvalue weighted by molar-refractivity contribution is -0.127. The number of amides is 1. The van der Waals surface area contributed by atoms with E-state index in [0.717, 1.165) is 37.0 Å². The number of sulfonamides is 1. The predicted octanol–water partition coefficient (Wildman–Crippen LogP) is 2.82. The summed E-state index contributed by atoms with van der Waals surface area (Å²) in [6.45, 7) is 5.49. The van der Waals surface area contributed by atoms with E-state index in [4.69, 9.17) is 4.74 Å². The van der Waals surface area contributed by atoms with Gasteiger partial charge >= 0.3 is 0 Å². The maximum atomic E-state index is 12.8. The molecule has 0 aromatic heterocycles. The van der Waals surface area contributed by atoms with Crippen LogP contribution in [0.1, 0.15) is 36.0 Å². The Bertz CT molecular complexity index is 1060. The van der Waals surface area contributed by atoms with E-state index in [1.807, 2.05) is 25.1 Å². The van der Waals surface area contributed by atoms with Gasteiger partial charge in [0, 0.05) is 13.1 Å². The number of nitrogens with one attached hydrogen (secondary N) is 1. The molecule has 2 aromatic rings. The number of benzene rings is 2. The third kappa shape index (κ3) is 5.42. The van der Waals surface area contributed by atoms with Gasteiger partial charge in [0.05, 0.1) is 18.5 Å². The van der Waals surface area contributed by atoms with Gasteiger partial charge in [0.2, 0.25) is 10.0 Å². The van der Waals surface area contributed by atoms with E-state index in [9.17, 15) is 13.2 Å². The molecule has 0 bridgehead atoms. The Morgan fingerprint density at radius 3 is 2.44 bits per heavy atom. The molecule has 1 fully saturated rings. The van der Waals surface area contributed by atoms with Gasteiger partial charge in [0.15, 0.2) is 6.10 Å². The molecule has 32 heavy (non-hydrogen) atoms. The number of hydrogen-bond donors (Lipinski definition) is 1. The zero-order chi connectivity index (χ0) is 22.7. The van der Waals surface area contributed by atoms with Crippen molar-refractivity contribution < 1.29 is 17.9 Å². The first kappa shape index (κ1) is 22.6. The molecule has 1 amide bonds. The van der Waals surface area contributed by atoms with Crippen LogP contribution >= 0.6 is 0 Å². The summed E-state index contributed by atoms with van der Waals surface area (Å²) in [4.78, 5) is 15.3. The van der Waals surface area contributed by atoms with Crippen LogP contribution in [0.15, 0.2) is 42.5 Å². The molecule has 0 saturated carbocycles. The minimum absolute atomic E-state index is 0.0461. The maximum Gasteiger partial charge on any atom is 0.263 e. The quantitative estimate of drug-likeness (QED) is 0.722. The third-order valence-electron chi connectivity index (χ3n) is 6.02. The van der Waals surface area contributed by atoms with Gasteiger partial charge in [-0.15, -0.1) is 0 Å². The fraction of sp³-hybridized carbons (Fsp3) is 0.458. The van der Waals surface area contributed by atoms with E-state index in [1.165, 1.54) is 29.1 Å². The molecular formula is C24H31N3O4S. The molecule has 2 heterocycles. The number of anilines is 1. The Balaban J connectivity index is 1.37. The lowest BCUT2D eigenvalue weighted by atomic mass is 10.1. The van der Waals surface area contributed by atoms with Crippen molar-refractivity contribution in [3.8, 4) is 5.75 Å². The number of rotatable bonds is 6. The van der Waals surface area contributed by atoms with Gasteiger partial charge < -0.3 is 10.1 Å². The van der Waals surface area contributed by atoms with Crippen molar-refractivity contribution in [3.63, 3.8) is 0 Å². The second-order valence-corrected chi connectivity index (χ2v) is 10.6. The fourth-order valence-corrected chi connectivity index (χ4v) is 5.17. The molecule has 2 aromatic carbocycles. The van der Waals surface area contributed by atoms with Gasteiger partial charge in [0.1, 0.15) is 5.75 Å². The van der Waals surface area contributed by atoms with E-state index in [-0.39, 0.29) is 12.5 Å². The number of carbonyl (C=O) groups is 1. The maximum absolute atomic E-state index is 12.8. The number of carbonyl (C=O) groups excluding carboxylic acids is 1. The first-order valence-corrected chi connectivity index (χ1v) is 13.0. The largest absolute Gasteiger partial charge is 0.476 e. The summed E-state index contributed by atoms with van der Waals surface area (Å²) in [5.74, 6) is 0.0760. The first-order chi connectivity index (χ1) is 15.3. The van der Waals surface area contributed by atoms with Crippen LogP contribution in [-0.2, 0) is 27.9 Å². The predicted molar refractivity (Wildman–Crippen MR) is 125 cm³/mol. The lowest BCUT2D eigenvalue weighted by Crippen LogP contribution is -2.50. The highest BCUT2D eigenvalue weighted by atomic mass is 32.2. The van der Waals surface area contributed by atoms with E-state index >= 15 is 0 Å². The fourth-order valence-electron chi connectivity index (χ4n) is 4.25. The van der Waals surface area contributed by atoms with Crippen LogP contribution in [0.2, 0.25) is 0 Å². The third-order valence-corrected chi connectivity index (χ3v) is 7.17. The van der Waals surface area contributed by atoms with Gasteiger partial charge in [0.25, 0.3) is 5.91 Å². The van der Waals surface area contributed by atoms with Crippen LogP contribution < -0.4 is 14.4 Å². The molecule has 1 atom stereocenters. The Hall–Kier alpha value is -2.58. The average Bonchev–Trinajstić information content (AvgIpc) is 2.77. The summed E-state index contributed by atoms with van der Waals surface area (Å²) < 4.78 is 31.7. The number of hydrogen-bond acceptors (Lipinski definition) is 5. The Kier molecular flexibility index (Phi) is 6.71. The topological polar surface area (TPSA) is 79.0 Å². The minimum atomic E-state index is -3.53. The normalized spacial score (nSPS) is 19.2. The Morgan fingerprint density at radius 1 is 1.06 bits per heavy atom. The molecule has 2 aliphatic rings. The van der Waals surface area contributed by atoms with Crippen LogP contribution in [0.25, 0.3) is 0 Å². The summed E-state index contributed by atoms with van der Waals surface area (Å²) in [6.07, 6.45) is 4.11. The number of piperidine rings is 1. The zero-order valence-corrected chi connectivity index (χ0v) is 19.5. The molecule has 0 spiro atoms. The molecule has 0 aliphatic carbocycles. The van der Waals surface area contributed by atoms with Crippen molar-refractivity contribution in [2.45, 2.75) is 45.4 Å². The Morgan fingerprint density at radius 2 is 1.75 bits per heavy atom. The monoisotopic (exact) mass is 457 g/mol. The molecule has 4 rings (SSSR count). The van der Waals surface area contributed by atoms with Crippen LogP contribution in [0.5, 0.6) is 5.75 Å². The number of aryl methyl sites for hydroxylation is 1. The van der Waals surface area contributed by atoms with Crippen molar-refractivity contribution in [1.29, 1.82) is 0 Å². The minimum Gasteiger partial charge on any atom is -0.476 e. The molecule has 2 aliphatic heterocycles. The van der Waals surface area contributed by atoms with Crippen molar-refractivity contribution in [1.82, 2.24) is 10.2 Å². The van der Waals surface area contributed by atoms with Crippen LogP contribution in [0.4, 0.5) is 5.69 Å². The molecule has 8 heteroatoms. The van der Waals surface area contributed by atoms with Crippen LogP contribution in [0.3, 0.4) is 0 Å². The van der Waals surface area contributed by atoms with Gasteiger partial charge in [-0.3, -0.25) is 14.0 Å². The van der Waals surface area contributed by atoms with Crippen LogP contribution in [-0.4, -0.2) is 51.2 Å². The second kappa shape index (κ2) is 9.50. The van der Waals surface area contributed by atoms with Crippen molar-refractivity contribution in [2.24, 2.45) is 0 Å². The van der Waals surface area contributed by atoms with E-state index in [2.05, 4.69) is 22.3 Å². The Labute approximate surface area is 190 Å². The first-order valence-electron chi connectivity index (χ1n) is 11.1. The number of likely N-dealkylation sites (tertiary alicyclic amines) is 1. The van der Waals surface area contributed by atoms with E-state index in [0.29, 0.717) is 18.0 Å². The summed E-state index contributed by atoms with van der Waals surface area (Å²) >= 11 is 0. The molecule has 7 nitrogen and oxygen atoms in total. The highest BCUT2D eigenvalue weighted by Crippen LogP contribution is 2.35. The van der Waals surface area contributed by atoms with Crippen molar-refractivity contribution >= 4 is 21.6 Å². The van der Waals surface area contributed by atoms with Gasteiger partial charge in [-0.1, -0.05) is 36.8 Å². The zero-order valence-electron chi connectivity index (χ0n) is 18.7. The number of nitrogens with zero attached hydrogens (tertiary/aromatic N) is 2. The molecule has 0 unspecified atom stereocenters. The smallest absolute Gasteiger partial charge is 0.263 e. The SMILES string of the molecule is Cc1ccc2c(c1)O[C@H](C(=O)NCc1ccc(CN3CCCCC3)cc1)CN2S(C)(=O)=O. The average molecular weight is 458 g/mol. The summed E-state index contributed by atoms with van der Waals surface area (Å²) in [6, 6.07) is 13.6. The van der Waals surface area contributed by atoms with Crippen molar-refractivity contribution in [2.75, 3.05) is 30.2 Å². The standard InChI is InChI=1S/C24H31N3O4S/c1-18-6-11-21-22(14-18)31-23(17-27(21)32(2,29)30)24(28)25-15-19-7-9-20(10-8-19)16-26-12-4-3-5-13-26/h6-11,14,23H,3-5,12-13,15-17H2,1-2H3,(H,25,28)/t23-/m0/s1. The molecular weight excluding hydrogens is 426 g/mol. The molecule has 0 radical (unpaired) electrons. The number of fused-ring (bicyclic) bond motifs is 1. The molecule has 1 saturated heterocycles. The summed E-state index contributed by atoms with van der Waals surface area (Å²) in [5.41, 5.74) is 3.66. The highest BCUT2D eigenvalue weighted by Gasteiger charge is 2.34. The van der Waals surface area contributed by atoms with Crippen LogP contribution in [0, 0.1) is 6.92 Å². The summed E-state index contributed by atoms with van der Waals surface area (Å²) in [7, 11) is -3.53. The molecule has 172 valence electrons. The van der Waals surface area contributed by atoms with Gasteiger partial charge in [-0.2, -0.15) is 0 Å². The lowest BCUT2D eigenvalue weighted by Gasteiger charge is -2.34. The van der Waals surface area contributed by atoms with E-state index in [1.54, 1.807) is 12.1 Å².